The van der Waals surface area contributed by atoms with Crippen LogP contribution in [0.1, 0.15) is 40.8 Å². The second kappa shape index (κ2) is 8.67. The van der Waals surface area contributed by atoms with Crippen molar-refractivity contribution in [3.8, 4) is 0 Å². The van der Waals surface area contributed by atoms with Gasteiger partial charge in [0.25, 0.3) is 11.8 Å². The fourth-order valence-corrected chi connectivity index (χ4v) is 4.34. The fourth-order valence-electron chi connectivity index (χ4n) is 2.66. The highest BCUT2D eigenvalue weighted by molar-refractivity contribution is 7.80. The van der Waals surface area contributed by atoms with Gasteiger partial charge in [-0.2, -0.15) is 0 Å². The minimum atomic E-state index is -0.464. The molecule has 0 aliphatic heterocycles. The highest BCUT2D eigenvalue weighted by Gasteiger charge is 2.22. The number of thiophene rings is 1. The van der Waals surface area contributed by atoms with E-state index in [4.69, 9.17) is 23.8 Å². The third-order valence-electron chi connectivity index (χ3n) is 3.93. The van der Waals surface area contributed by atoms with Crippen molar-refractivity contribution in [2.24, 2.45) is 0 Å². The molecule has 0 spiro atoms. The Balaban J connectivity index is 1.81. The molecule has 0 radical (unpaired) electrons. The second-order valence-electron chi connectivity index (χ2n) is 7.55. The molecule has 156 valence electrons. The van der Waals surface area contributed by atoms with Gasteiger partial charge in [0.2, 0.25) is 0 Å². The zero-order valence-corrected chi connectivity index (χ0v) is 18.8. The summed E-state index contributed by atoms with van der Waals surface area (Å²) in [6.07, 6.45) is 0. The van der Waals surface area contributed by atoms with Gasteiger partial charge >= 0.3 is 0 Å². The average molecular weight is 464 g/mol. The summed E-state index contributed by atoms with van der Waals surface area (Å²) in [5.74, 6) is -1.15. The molecule has 0 aliphatic carbocycles. The lowest BCUT2D eigenvalue weighted by Crippen LogP contribution is -2.40. The van der Waals surface area contributed by atoms with Crippen LogP contribution in [0.3, 0.4) is 0 Å². The van der Waals surface area contributed by atoms with Crippen LogP contribution in [0.25, 0.3) is 10.1 Å². The Morgan fingerprint density at radius 3 is 2.37 bits per heavy atom. The largest absolute Gasteiger partial charge is 0.347 e. The van der Waals surface area contributed by atoms with Crippen molar-refractivity contribution >= 4 is 67.9 Å². The predicted octanol–water partition coefficient (Wildman–Crippen LogP) is 5.35. The van der Waals surface area contributed by atoms with Gasteiger partial charge in [-0.05, 0) is 63.3 Å². The lowest BCUT2D eigenvalue weighted by atomic mass is 10.1. The second-order valence-corrected chi connectivity index (χ2v) is 9.35. The number of nitrogens with one attached hydrogen (secondary N) is 3. The molecule has 3 N–H and O–H groups in total. The smallest absolute Gasteiger partial charge is 0.263 e. The molecule has 30 heavy (non-hydrogen) atoms. The first-order valence-corrected chi connectivity index (χ1v) is 10.6. The molecule has 2 amide bonds. The Labute approximate surface area is 187 Å². The summed E-state index contributed by atoms with van der Waals surface area (Å²) in [6, 6.07) is 10.5. The predicted molar refractivity (Wildman–Crippen MR) is 124 cm³/mol. The monoisotopic (exact) mass is 463 g/mol. The van der Waals surface area contributed by atoms with Crippen LogP contribution in [0.2, 0.25) is 5.02 Å². The number of benzene rings is 2. The van der Waals surface area contributed by atoms with E-state index in [0.717, 1.165) is 4.70 Å². The topological polar surface area (TPSA) is 70.2 Å². The first-order chi connectivity index (χ1) is 14.0. The molecule has 0 aliphatic rings. The van der Waals surface area contributed by atoms with Crippen LogP contribution < -0.4 is 16.0 Å². The van der Waals surface area contributed by atoms with E-state index in [1.54, 1.807) is 12.1 Å². The number of fused-ring (bicyclic) bond motifs is 1. The number of thiocarbonyl (C=S) groups is 1. The van der Waals surface area contributed by atoms with Crippen molar-refractivity contribution in [1.29, 1.82) is 0 Å². The molecule has 9 heteroatoms. The molecule has 2 aromatic carbocycles. The number of hydrogen-bond donors (Lipinski definition) is 3. The molecule has 0 bridgehead atoms. The Hall–Kier alpha value is -2.55. The number of carbonyl (C=O) groups excluding carboxylic acids is 2. The van der Waals surface area contributed by atoms with Crippen LogP contribution in [0.5, 0.6) is 0 Å². The van der Waals surface area contributed by atoms with E-state index in [1.165, 1.54) is 35.6 Å². The zero-order valence-electron chi connectivity index (χ0n) is 16.4. The Kier molecular flexibility index (Phi) is 6.40. The van der Waals surface area contributed by atoms with E-state index in [1.807, 2.05) is 26.8 Å². The molecule has 3 aromatic rings. The lowest BCUT2D eigenvalue weighted by molar-refractivity contribution is 0.0922. The van der Waals surface area contributed by atoms with Gasteiger partial charge in [-0.1, -0.05) is 23.7 Å². The molecule has 3 rings (SSSR count). The van der Waals surface area contributed by atoms with Crippen LogP contribution in [-0.2, 0) is 0 Å². The Bertz CT molecular complexity index is 1140. The van der Waals surface area contributed by atoms with Crippen molar-refractivity contribution in [2.45, 2.75) is 26.3 Å². The van der Waals surface area contributed by atoms with Crippen molar-refractivity contribution < 1.29 is 14.0 Å². The van der Waals surface area contributed by atoms with Crippen molar-refractivity contribution in [3.63, 3.8) is 0 Å². The minimum absolute atomic E-state index is 0.0713. The van der Waals surface area contributed by atoms with E-state index in [-0.39, 0.29) is 16.6 Å². The Morgan fingerprint density at radius 1 is 1.07 bits per heavy atom. The zero-order chi connectivity index (χ0) is 22.1. The van der Waals surface area contributed by atoms with Crippen LogP contribution in [0.4, 0.5) is 10.1 Å². The summed E-state index contributed by atoms with van der Waals surface area (Å²) in [6.45, 7) is 5.67. The van der Waals surface area contributed by atoms with Crippen LogP contribution in [-0.4, -0.2) is 22.5 Å². The van der Waals surface area contributed by atoms with Crippen molar-refractivity contribution in [2.75, 3.05) is 5.32 Å². The molecule has 0 atom stereocenters. The summed E-state index contributed by atoms with van der Waals surface area (Å²) in [5, 5.41) is 9.57. The first kappa shape index (κ1) is 22.1. The van der Waals surface area contributed by atoms with Crippen LogP contribution in [0, 0.1) is 5.82 Å². The molecule has 5 nitrogen and oxygen atoms in total. The third-order valence-corrected chi connectivity index (χ3v) is 5.88. The maximum absolute atomic E-state index is 13.0. The van der Waals surface area contributed by atoms with Gasteiger partial charge in [0, 0.05) is 16.5 Å². The Morgan fingerprint density at radius 2 is 1.73 bits per heavy atom. The minimum Gasteiger partial charge on any atom is -0.347 e. The highest BCUT2D eigenvalue weighted by Crippen LogP contribution is 2.39. The fraction of sp³-hybridized carbons (Fsp3) is 0.190. The number of amides is 2. The SMILES string of the molecule is CC(C)(C)NC(=O)c1sc2c(NC(=S)NC(=O)c3ccc(F)cc3)cccc2c1Cl. The van der Waals surface area contributed by atoms with Gasteiger partial charge in [0.1, 0.15) is 10.7 Å². The maximum atomic E-state index is 13.0. The number of rotatable bonds is 3. The summed E-state index contributed by atoms with van der Waals surface area (Å²) < 4.78 is 13.8. The van der Waals surface area contributed by atoms with E-state index in [0.29, 0.717) is 21.0 Å². The maximum Gasteiger partial charge on any atom is 0.263 e. The lowest BCUT2D eigenvalue weighted by Gasteiger charge is -2.19. The summed E-state index contributed by atoms with van der Waals surface area (Å²) in [4.78, 5) is 25.3. The molecule has 1 heterocycles. The van der Waals surface area contributed by atoms with Gasteiger partial charge < -0.3 is 10.6 Å². The van der Waals surface area contributed by atoms with Gasteiger partial charge in [0.15, 0.2) is 5.11 Å². The summed E-state index contributed by atoms with van der Waals surface area (Å²) in [7, 11) is 0. The molecule has 0 saturated heterocycles. The number of anilines is 1. The van der Waals surface area contributed by atoms with Crippen molar-refractivity contribution in [3.05, 3.63) is 63.7 Å². The molecular weight excluding hydrogens is 445 g/mol. The summed E-state index contributed by atoms with van der Waals surface area (Å²) >= 11 is 12.9. The number of carbonyl (C=O) groups is 2. The van der Waals surface area contributed by atoms with Crippen LogP contribution >= 0.6 is 35.2 Å². The summed E-state index contributed by atoms with van der Waals surface area (Å²) in [5.41, 5.74) is 0.488. The quantitative estimate of drug-likeness (QED) is 0.458. The first-order valence-electron chi connectivity index (χ1n) is 8.96. The third kappa shape index (κ3) is 5.13. The molecule has 0 unspecified atom stereocenters. The standard InChI is InChI=1S/C21H19ClFN3O2S2/c1-21(2,3)26-19(28)17-15(22)13-5-4-6-14(16(13)30-17)24-20(29)25-18(27)11-7-9-12(23)10-8-11/h4-10H,1-3H3,(H,26,28)(H2,24,25,27,29). The van der Waals surface area contributed by atoms with E-state index < -0.39 is 17.3 Å². The molecule has 1 aromatic heterocycles. The van der Waals surface area contributed by atoms with Gasteiger partial charge in [0.05, 0.1) is 15.4 Å². The normalized spacial score (nSPS) is 11.2. The van der Waals surface area contributed by atoms with Crippen molar-refractivity contribution in [1.82, 2.24) is 10.6 Å². The average Bonchev–Trinajstić information content (AvgIpc) is 2.99. The van der Waals surface area contributed by atoms with E-state index >= 15 is 0 Å². The van der Waals surface area contributed by atoms with Crippen LogP contribution in [0.15, 0.2) is 42.5 Å². The molecule has 0 saturated carbocycles. The highest BCUT2D eigenvalue weighted by atomic mass is 35.5. The van der Waals surface area contributed by atoms with E-state index in [2.05, 4.69) is 16.0 Å². The molecule has 0 fully saturated rings. The van der Waals surface area contributed by atoms with E-state index in [9.17, 15) is 14.0 Å². The number of hydrogen-bond acceptors (Lipinski definition) is 4. The molecular formula is C21H19ClFN3O2S2. The van der Waals surface area contributed by atoms with Gasteiger partial charge in [-0.15, -0.1) is 11.3 Å². The van der Waals surface area contributed by atoms with Gasteiger partial charge in [-0.25, -0.2) is 4.39 Å². The van der Waals surface area contributed by atoms with Gasteiger partial charge in [-0.3, -0.25) is 14.9 Å². The number of halogens is 2.